The number of carbonyl (C=O) groups is 1. The van der Waals surface area contributed by atoms with Crippen LogP contribution in [-0.2, 0) is 33.2 Å². The quantitative estimate of drug-likeness (QED) is 0.0199. The minimum atomic E-state index is -1.97. The molecule has 0 bridgehead atoms. The van der Waals surface area contributed by atoms with Crippen molar-refractivity contribution < 1.29 is 89.4 Å². The topological polar surface area (TPSA) is 307 Å². The zero-order valence-corrected chi connectivity index (χ0v) is 58.3. The van der Waals surface area contributed by atoms with Crippen molar-refractivity contribution in [3.8, 4) is 0 Å². The maximum Gasteiger partial charge on any atom is 0.220 e. The van der Waals surface area contributed by atoms with Gasteiger partial charge in [-0.3, -0.25) is 4.79 Å². The van der Waals surface area contributed by atoms with Crippen LogP contribution in [0, 0.1) is 0 Å². The summed E-state index contributed by atoms with van der Waals surface area (Å²) < 4.78 is 34.3. The standard InChI is InChI=1S/C74H139NO18/c1-3-5-7-9-11-13-14-15-16-17-18-19-20-21-22-23-24-25-26-27-28-29-30-31-32-33-34-35-36-37-38-39-40-41-42-44-46-48-50-52-62(80)75-57(58(79)51-49-47-45-43-12-10-8-6-4-2)56-88-72-68(86)65(83)70(60(54-77)90-72)93-74-69(87)66(84)71(61(55-78)91-74)92-73-67(85)64(82)63(81)59(53-76)89-73/h14-15,17-18,57-61,63-74,76-79,81-87H,3-13,16,19-56H2,1-2H3,(H,75,80)/b15-14-,18-17-. The molecule has 19 nitrogen and oxygen atoms in total. The molecule has 12 N–H and O–H groups in total. The van der Waals surface area contributed by atoms with Gasteiger partial charge in [0.05, 0.1) is 38.6 Å². The maximum absolute atomic E-state index is 13.4. The largest absolute Gasteiger partial charge is 0.394 e. The zero-order chi connectivity index (χ0) is 67.5. The van der Waals surface area contributed by atoms with Crippen LogP contribution in [0.3, 0.4) is 0 Å². The van der Waals surface area contributed by atoms with Crippen molar-refractivity contribution in [3.05, 3.63) is 24.3 Å². The summed E-state index contributed by atoms with van der Waals surface area (Å²) in [5.74, 6) is -0.239. The second-order valence-electron chi connectivity index (χ2n) is 27.5. The third kappa shape index (κ3) is 37.3. The van der Waals surface area contributed by atoms with Crippen LogP contribution in [0.25, 0.3) is 0 Å². The Morgan fingerprint density at radius 3 is 1.10 bits per heavy atom. The molecule has 3 saturated heterocycles. The highest BCUT2D eigenvalue weighted by molar-refractivity contribution is 5.76. The molecule has 3 aliphatic heterocycles. The molecule has 19 heteroatoms. The molecule has 3 aliphatic rings. The fraction of sp³-hybridized carbons (Fsp3) is 0.932. The third-order valence-corrected chi connectivity index (χ3v) is 19.3. The van der Waals surface area contributed by atoms with Crippen molar-refractivity contribution in [2.45, 2.75) is 413 Å². The highest BCUT2D eigenvalue weighted by atomic mass is 16.8. The van der Waals surface area contributed by atoms with Crippen LogP contribution < -0.4 is 5.32 Å². The van der Waals surface area contributed by atoms with Crippen LogP contribution in [0.5, 0.6) is 0 Å². The Bertz CT molecular complexity index is 1780. The molecular formula is C74H139NO18. The van der Waals surface area contributed by atoms with E-state index in [2.05, 4.69) is 43.5 Å². The maximum atomic E-state index is 13.4. The lowest BCUT2D eigenvalue weighted by Crippen LogP contribution is -2.66. The monoisotopic (exact) mass is 1330 g/mol. The number of aliphatic hydroxyl groups is 11. The Balaban J connectivity index is 1.24. The highest BCUT2D eigenvalue weighted by Crippen LogP contribution is 2.33. The van der Waals surface area contributed by atoms with Crippen LogP contribution in [0.4, 0.5) is 0 Å². The molecule has 0 saturated carbocycles. The van der Waals surface area contributed by atoms with Crippen LogP contribution in [0.1, 0.15) is 309 Å². The summed E-state index contributed by atoms with van der Waals surface area (Å²) in [5.41, 5.74) is 0. The predicted molar refractivity (Wildman–Crippen MR) is 365 cm³/mol. The molecule has 3 heterocycles. The van der Waals surface area contributed by atoms with E-state index in [9.17, 15) is 61.0 Å². The van der Waals surface area contributed by atoms with E-state index in [1.54, 1.807) is 0 Å². The second kappa shape index (κ2) is 56.1. The van der Waals surface area contributed by atoms with Gasteiger partial charge in [-0.15, -0.1) is 0 Å². The Kier molecular flexibility index (Phi) is 51.5. The Morgan fingerprint density at radius 1 is 0.387 bits per heavy atom. The van der Waals surface area contributed by atoms with Crippen molar-refractivity contribution in [1.29, 1.82) is 0 Å². The SMILES string of the molecule is CCCCCCC/C=C\C/C=C\CCCCCCCCCCCCCCCCCCCCCCCCCCCCCC(=O)NC(COC1OC(CO)C(OC2OC(CO)C(OC3OC(CO)C(O)C(O)C3O)C(O)C2O)C(O)C1O)C(O)CCCCCCCCCCC. The van der Waals surface area contributed by atoms with E-state index in [1.165, 1.54) is 225 Å². The van der Waals surface area contributed by atoms with Gasteiger partial charge in [0.2, 0.25) is 5.91 Å². The molecule has 0 radical (unpaired) electrons. The van der Waals surface area contributed by atoms with Gasteiger partial charge in [-0.25, -0.2) is 0 Å². The first-order valence-electron chi connectivity index (χ1n) is 38.1. The van der Waals surface area contributed by atoms with Crippen LogP contribution in [-0.4, -0.2) is 193 Å². The Labute approximate surface area is 562 Å². The first-order valence-corrected chi connectivity index (χ1v) is 38.1. The summed E-state index contributed by atoms with van der Waals surface area (Å²) in [6.45, 7) is 1.78. The Hall–Kier alpha value is -1.73. The molecule has 1 amide bonds. The normalized spacial score (nSPS) is 27.6. The van der Waals surface area contributed by atoms with E-state index in [1.807, 2.05) is 0 Å². The fourth-order valence-corrected chi connectivity index (χ4v) is 13.1. The predicted octanol–water partition coefficient (Wildman–Crippen LogP) is 11.4. The van der Waals surface area contributed by atoms with E-state index in [0.29, 0.717) is 12.8 Å². The molecule has 3 fully saturated rings. The number of ether oxygens (including phenoxy) is 6. The van der Waals surface area contributed by atoms with Crippen molar-refractivity contribution in [2.75, 3.05) is 26.4 Å². The summed E-state index contributed by atoms with van der Waals surface area (Å²) in [4.78, 5) is 13.4. The van der Waals surface area contributed by atoms with Gasteiger partial charge >= 0.3 is 0 Å². The molecule has 0 aliphatic carbocycles. The van der Waals surface area contributed by atoms with Crippen molar-refractivity contribution in [3.63, 3.8) is 0 Å². The molecule has 3 rings (SSSR count). The molecule has 17 atom stereocenters. The number of hydrogen-bond donors (Lipinski definition) is 12. The van der Waals surface area contributed by atoms with E-state index in [-0.39, 0.29) is 18.9 Å². The van der Waals surface area contributed by atoms with Crippen molar-refractivity contribution in [1.82, 2.24) is 5.32 Å². The number of allylic oxidation sites excluding steroid dienone is 4. The Morgan fingerprint density at radius 2 is 0.710 bits per heavy atom. The minimum Gasteiger partial charge on any atom is -0.394 e. The number of nitrogens with one attached hydrogen (secondary N) is 1. The third-order valence-electron chi connectivity index (χ3n) is 19.3. The van der Waals surface area contributed by atoms with Gasteiger partial charge in [0.1, 0.15) is 73.2 Å². The van der Waals surface area contributed by atoms with Gasteiger partial charge in [-0.1, -0.05) is 282 Å². The zero-order valence-electron chi connectivity index (χ0n) is 58.3. The van der Waals surface area contributed by atoms with Gasteiger partial charge in [0, 0.05) is 6.42 Å². The number of unbranched alkanes of at least 4 members (excludes halogenated alkanes) is 40. The van der Waals surface area contributed by atoms with Gasteiger partial charge in [-0.05, 0) is 44.9 Å². The first-order chi connectivity index (χ1) is 45.3. The fourth-order valence-electron chi connectivity index (χ4n) is 13.1. The summed E-state index contributed by atoms with van der Waals surface area (Å²) in [6.07, 6.45) is 39.1. The van der Waals surface area contributed by atoms with Gasteiger partial charge in [0.15, 0.2) is 18.9 Å². The molecule has 548 valence electrons. The number of carbonyl (C=O) groups excluding carboxylic acids is 1. The van der Waals surface area contributed by atoms with Crippen molar-refractivity contribution >= 4 is 5.91 Å². The summed E-state index contributed by atoms with van der Waals surface area (Å²) >= 11 is 0. The lowest BCUT2D eigenvalue weighted by atomic mass is 9.96. The van der Waals surface area contributed by atoms with Gasteiger partial charge in [0.25, 0.3) is 0 Å². The van der Waals surface area contributed by atoms with Crippen LogP contribution >= 0.6 is 0 Å². The first kappa shape index (κ1) is 85.5. The molecular weight excluding hydrogens is 1190 g/mol. The molecule has 0 aromatic rings. The highest BCUT2D eigenvalue weighted by Gasteiger charge is 2.53. The lowest BCUT2D eigenvalue weighted by molar-refractivity contribution is -0.379. The van der Waals surface area contributed by atoms with Gasteiger partial charge < -0.3 is 89.9 Å². The summed E-state index contributed by atoms with van der Waals surface area (Å²) in [5, 5.41) is 120. The van der Waals surface area contributed by atoms with E-state index in [0.717, 1.165) is 51.4 Å². The van der Waals surface area contributed by atoms with Crippen molar-refractivity contribution in [2.24, 2.45) is 0 Å². The van der Waals surface area contributed by atoms with Crippen LogP contribution in [0.15, 0.2) is 24.3 Å². The minimum absolute atomic E-state index is 0.239. The smallest absolute Gasteiger partial charge is 0.220 e. The average molecular weight is 1330 g/mol. The second-order valence-corrected chi connectivity index (χ2v) is 27.5. The molecule has 93 heavy (non-hydrogen) atoms. The molecule has 0 spiro atoms. The number of amides is 1. The van der Waals surface area contributed by atoms with E-state index < -0.39 is 124 Å². The lowest BCUT2D eigenvalue weighted by Gasteiger charge is -2.48. The molecule has 0 aromatic heterocycles. The number of hydrogen-bond acceptors (Lipinski definition) is 18. The summed E-state index contributed by atoms with van der Waals surface area (Å²) in [6, 6.07) is -0.882. The van der Waals surface area contributed by atoms with Gasteiger partial charge in [-0.2, -0.15) is 0 Å². The van der Waals surface area contributed by atoms with E-state index in [4.69, 9.17) is 28.4 Å². The average Bonchev–Trinajstić information content (AvgIpc) is 0.828. The molecule has 17 unspecified atom stereocenters. The molecule has 0 aromatic carbocycles. The number of rotatable bonds is 60. The summed E-state index contributed by atoms with van der Waals surface area (Å²) in [7, 11) is 0. The number of aliphatic hydroxyl groups excluding tert-OH is 11. The van der Waals surface area contributed by atoms with E-state index >= 15 is 0 Å². The van der Waals surface area contributed by atoms with Crippen LogP contribution in [0.2, 0.25) is 0 Å².